The SMILES string of the molecule is C1CCOC1.CC(C)(C)OC(=O)N1CCC(c2ccccc2)(c2nnn(Cc3ccc(Cl)cc3)n2)CC1.CCN(CC)CC.CCOC(=O)Cl.CCOC(=O)N1CCC(c2ccccc2)(c2nnn(Cc3ccc(Cl)cc3)n2)CC1.ClCCl.Clc1ccc(Cn2nnc(C3(c4ccccc4)CCNCC3)n2)cc1.O=CC(F)(F)F. The summed E-state index contributed by atoms with van der Waals surface area (Å²) in [6.07, 6.45) is 1.08. The van der Waals surface area contributed by atoms with E-state index in [1.165, 1.54) is 38.0 Å². The van der Waals surface area contributed by atoms with Crippen LogP contribution in [-0.2, 0) is 59.6 Å². The Balaban J connectivity index is 0.000000229. The van der Waals surface area contributed by atoms with Crippen LogP contribution in [0.4, 0.5) is 27.6 Å². The molecule has 33 heteroatoms. The number of likely N-dealkylation sites (tertiary alicyclic amines) is 2. The van der Waals surface area contributed by atoms with Crippen molar-refractivity contribution in [3.05, 3.63) is 230 Å². The number of hydrogen-bond acceptors (Lipinski definition) is 19. The molecule has 2 amide bonds. The highest BCUT2D eigenvalue weighted by molar-refractivity contribution is 6.61. The standard InChI is InChI=1S/C24H28ClN5O2.C22H24ClN5O2.C19H20ClN5.C6H15N.C4H8O.C3H5ClO2.C2HF3O.CH2Cl2/c1-23(2,3)32-22(31)29-15-13-24(14-16-29,19-7-5-4-6-8-19)21-26-28-30(27-21)17-18-9-11-20(25)12-10-18;1-2-30-21(29)27-14-12-22(13-15-27,18-6-4-3-5-7-18)20-24-26-28(25-20)16-17-8-10-19(23)11-9-17;20-17-8-6-15(7-9-17)14-25-23-18(22-24-25)19(10-12-21-13-11-19)16-4-2-1-3-5-16;1-4-7(5-2)6-3;1-2-4-5-3-1;1-2-6-3(4)5;3-2(4,5)1-6;2-1-3/h4-12H,13-17H2,1-3H3;3-11H,2,12-16H2,1H3;1-9,21H,10-14H2;4-6H2,1-3H3;1-4H2;2H2,1H3;1H;1H2. The Morgan fingerprint density at radius 2 is 0.807 bits per heavy atom. The number of ether oxygens (including phenoxy) is 4. The van der Waals surface area contributed by atoms with Gasteiger partial charge in [0, 0.05) is 66.1 Å². The fourth-order valence-corrected chi connectivity index (χ4v) is 13.3. The first-order chi connectivity index (χ1) is 54.7. The maximum absolute atomic E-state index is 12.6. The minimum Gasteiger partial charge on any atom is -0.454 e. The fourth-order valence-electron chi connectivity index (χ4n) is 12.8. The van der Waals surface area contributed by atoms with Crippen molar-refractivity contribution >= 4 is 93.5 Å². The minimum absolute atomic E-state index is 0.162. The lowest BCUT2D eigenvalue weighted by atomic mass is 9.72. The summed E-state index contributed by atoms with van der Waals surface area (Å²) in [7, 11) is 0. The van der Waals surface area contributed by atoms with E-state index in [9.17, 15) is 27.6 Å². The average Bonchev–Trinajstić information content (AvgIpc) is 1.39. The number of benzene rings is 6. The molecule has 7 heterocycles. The molecule has 9 aromatic rings. The molecule has 114 heavy (non-hydrogen) atoms. The Morgan fingerprint density at radius 3 is 1.05 bits per heavy atom. The number of tetrazole rings is 3. The largest absolute Gasteiger partial charge is 0.454 e. The highest BCUT2D eigenvalue weighted by Crippen LogP contribution is 2.42. The van der Waals surface area contributed by atoms with Gasteiger partial charge in [0.15, 0.2) is 17.5 Å². The topological polar surface area (TPSA) is 258 Å². The first-order valence-corrected chi connectivity index (χ1v) is 40.4. The fraction of sp³-hybridized carbons (Fsp3) is 0.469. The first-order valence-electron chi connectivity index (χ1n) is 37.8. The summed E-state index contributed by atoms with van der Waals surface area (Å²) < 4.78 is 51.1. The van der Waals surface area contributed by atoms with Gasteiger partial charge >= 0.3 is 23.8 Å². The zero-order valence-corrected chi connectivity index (χ0v) is 70.3. The quantitative estimate of drug-likeness (QED) is 0.0384. The molecular weight excluding hydrogens is 1590 g/mol. The van der Waals surface area contributed by atoms with Crippen LogP contribution in [0.5, 0.6) is 0 Å². The third-order valence-corrected chi connectivity index (χ3v) is 19.6. The summed E-state index contributed by atoms with van der Waals surface area (Å²) in [5, 5.41) is 46.2. The normalized spacial score (nSPS) is 15.1. The first kappa shape index (κ1) is 94.5. The molecule has 0 spiro atoms. The van der Waals surface area contributed by atoms with Gasteiger partial charge < -0.3 is 39.0 Å². The van der Waals surface area contributed by atoms with Crippen molar-refractivity contribution in [2.75, 3.05) is 90.7 Å². The lowest BCUT2D eigenvalue weighted by molar-refractivity contribution is -0.156. The number of nitrogens with one attached hydrogen (secondary N) is 1. The van der Waals surface area contributed by atoms with E-state index in [1.54, 1.807) is 31.1 Å². The van der Waals surface area contributed by atoms with Gasteiger partial charge in [-0.2, -0.15) is 27.6 Å². The second-order valence-corrected chi connectivity index (χ2v) is 29.9. The molecule has 0 bridgehead atoms. The molecule has 4 fully saturated rings. The molecule has 618 valence electrons. The van der Waals surface area contributed by atoms with Crippen LogP contribution in [0, 0.1) is 0 Å². The zero-order valence-electron chi connectivity index (χ0n) is 65.7. The summed E-state index contributed by atoms with van der Waals surface area (Å²) in [5.74, 6) is 2.18. The highest BCUT2D eigenvalue weighted by Gasteiger charge is 2.45. The number of aldehydes is 1. The Morgan fingerprint density at radius 1 is 0.500 bits per heavy atom. The van der Waals surface area contributed by atoms with Crippen LogP contribution in [0.3, 0.4) is 0 Å². The smallest absolute Gasteiger partial charge is 0.446 e. The van der Waals surface area contributed by atoms with Crippen LogP contribution >= 0.6 is 69.6 Å². The van der Waals surface area contributed by atoms with Crippen LogP contribution in [0.2, 0.25) is 15.1 Å². The molecule has 0 radical (unpaired) electrons. The molecule has 0 unspecified atom stereocenters. The van der Waals surface area contributed by atoms with Gasteiger partial charge in [0.1, 0.15) is 5.60 Å². The van der Waals surface area contributed by atoms with Gasteiger partial charge in [-0.1, -0.05) is 183 Å². The summed E-state index contributed by atoms with van der Waals surface area (Å²) in [6.45, 7) is 27.8. The number of alkyl halides is 5. The van der Waals surface area contributed by atoms with E-state index in [4.69, 9.17) is 104 Å². The molecule has 4 saturated heterocycles. The number of rotatable bonds is 17. The highest BCUT2D eigenvalue weighted by atomic mass is 35.5. The van der Waals surface area contributed by atoms with Gasteiger partial charge in [0.2, 0.25) is 6.29 Å². The number of halogens is 9. The van der Waals surface area contributed by atoms with Crippen molar-refractivity contribution in [1.82, 2.24) is 80.6 Å². The third-order valence-electron chi connectivity index (χ3n) is 18.8. The Labute approximate surface area is 695 Å². The summed E-state index contributed by atoms with van der Waals surface area (Å²) in [5.41, 5.74) is 4.53. The van der Waals surface area contributed by atoms with E-state index in [0.29, 0.717) is 106 Å². The molecule has 0 atom stereocenters. The van der Waals surface area contributed by atoms with Gasteiger partial charge in [-0.3, -0.25) is 4.79 Å². The Hall–Kier alpha value is -8.38. The van der Waals surface area contributed by atoms with Crippen molar-refractivity contribution in [2.24, 2.45) is 0 Å². The molecule has 0 saturated carbocycles. The van der Waals surface area contributed by atoms with Crippen LogP contribution in [0.25, 0.3) is 0 Å². The lowest BCUT2D eigenvalue weighted by Crippen LogP contribution is -2.47. The molecular formula is C81H103Cl6F3N16O8. The number of hydrogen-bond donors (Lipinski definition) is 1. The average molecular weight is 1700 g/mol. The van der Waals surface area contributed by atoms with Crippen molar-refractivity contribution in [3.8, 4) is 0 Å². The zero-order chi connectivity index (χ0) is 83.0. The van der Waals surface area contributed by atoms with Crippen molar-refractivity contribution < 1.29 is 51.3 Å². The summed E-state index contributed by atoms with van der Waals surface area (Å²) in [6, 6.07) is 54.0. The molecule has 4 aliphatic heterocycles. The van der Waals surface area contributed by atoms with E-state index in [1.807, 2.05) is 143 Å². The molecule has 3 aromatic heterocycles. The lowest BCUT2D eigenvalue weighted by Gasteiger charge is -2.40. The predicted octanol–water partition coefficient (Wildman–Crippen LogP) is 17.3. The molecule has 6 aromatic carbocycles. The van der Waals surface area contributed by atoms with Crippen molar-refractivity contribution in [3.63, 3.8) is 0 Å². The van der Waals surface area contributed by atoms with Crippen LogP contribution < -0.4 is 5.32 Å². The van der Waals surface area contributed by atoms with E-state index in [2.05, 4.69) is 115 Å². The molecule has 24 nitrogen and oxygen atoms in total. The monoisotopic (exact) mass is 1690 g/mol. The van der Waals surface area contributed by atoms with Crippen molar-refractivity contribution in [1.29, 1.82) is 0 Å². The number of carbonyl (C=O) groups excluding carboxylic acids is 4. The third kappa shape index (κ3) is 31.0. The molecule has 13 rings (SSSR count). The number of carbonyl (C=O) groups is 4. The minimum atomic E-state index is -4.64. The van der Waals surface area contributed by atoms with Gasteiger partial charge in [-0.05, 0) is 204 Å². The number of aromatic nitrogens is 12. The summed E-state index contributed by atoms with van der Waals surface area (Å²) >= 11 is 32.2. The van der Waals surface area contributed by atoms with Crippen LogP contribution in [-0.4, -0.2) is 202 Å². The van der Waals surface area contributed by atoms with Crippen LogP contribution in [0.15, 0.2) is 164 Å². The number of nitrogens with zero attached hydrogens (tertiary/aromatic N) is 15. The van der Waals surface area contributed by atoms with E-state index in [0.717, 1.165) is 77.8 Å². The van der Waals surface area contributed by atoms with E-state index >= 15 is 0 Å². The van der Waals surface area contributed by atoms with Gasteiger partial charge in [0.05, 0.1) is 54.4 Å². The summed E-state index contributed by atoms with van der Waals surface area (Å²) in [4.78, 5) is 53.8. The molecule has 1 N–H and O–H groups in total. The van der Waals surface area contributed by atoms with E-state index < -0.39 is 28.9 Å². The molecule has 0 aliphatic carbocycles. The number of amides is 2. The maximum atomic E-state index is 12.6. The van der Waals surface area contributed by atoms with Gasteiger partial charge in [-0.15, -0.1) is 53.8 Å². The molecule has 4 aliphatic rings. The Bertz CT molecular complexity index is 4190. The van der Waals surface area contributed by atoms with E-state index in [-0.39, 0.29) is 28.4 Å². The maximum Gasteiger partial charge on any atom is 0.446 e. The predicted molar refractivity (Wildman–Crippen MR) is 439 cm³/mol. The van der Waals surface area contributed by atoms with Gasteiger partial charge in [-0.25, -0.2) is 14.4 Å². The number of piperidine rings is 3. The van der Waals surface area contributed by atoms with Crippen molar-refractivity contribution in [2.45, 2.75) is 154 Å². The second-order valence-electron chi connectivity index (χ2n) is 27.4. The van der Waals surface area contributed by atoms with Crippen LogP contribution in [0.1, 0.15) is 158 Å². The Kier molecular flexibility index (Phi) is 40.5. The van der Waals surface area contributed by atoms with Gasteiger partial charge in [0.25, 0.3) is 0 Å². The second kappa shape index (κ2) is 48.9.